The molecule has 0 aromatic rings. The fourth-order valence-corrected chi connectivity index (χ4v) is 12.5. The number of rotatable bonds is 12. The standard InChI is InChI=1S/C46H78O34S2/c1-81-3-2-4-82-11-18-39-25(59)32(66)46(73-18)79-38-17(10-52)71-44(30(64)23(38)57)77-36-15(8-50)69-42(28(62)21(36)55)75-34-13(6-48)67-40(26(60)19(34)53)74-33-12(5-47)68-41(27(61)20(33)54)76-35-14(7-49)70-43(29(63)22(35)56)78-37-16(9-51)72-45(80-39)31(65)24(37)58/h12-66H,2-11H2,1H3/t12-,13+,14-,15+,16-,17+,18-,19+,20+,21-,22+,23-,24+,25+,26+,27+,28-,29+,30+,31+,32+,33+,34+,35+,36+,37+,38+,39+,40+,41+,42+,43+,44+,45+,46+/m0/s1. The van der Waals surface area contributed by atoms with Gasteiger partial charge in [0.25, 0.3) is 0 Å². The van der Waals surface area contributed by atoms with Gasteiger partial charge in [0.1, 0.15) is 165 Å². The average molecular weight is 1240 g/mol. The van der Waals surface area contributed by atoms with Crippen molar-refractivity contribution in [3.63, 3.8) is 0 Å². The summed E-state index contributed by atoms with van der Waals surface area (Å²) in [6.45, 7) is -6.13. The molecule has 0 unspecified atom stereocenters. The van der Waals surface area contributed by atoms with E-state index in [0.29, 0.717) is 12.2 Å². The zero-order valence-electron chi connectivity index (χ0n) is 43.8. The zero-order valence-corrected chi connectivity index (χ0v) is 45.4. The van der Waals surface area contributed by atoms with Gasteiger partial charge in [-0.1, -0.05) is 0 Å². The van der Waals surface area contributed by atoms with Gasteiger partial charge in [-0.05, 0) is 24.2 Å². The maximum atomic E-state index is 11.7. The van der Waals surface area contributed by atoms with Crippen molar-refractivity contribution >= 4 is 23.5 Å². The molecule has 21 fully saturated rings. The summed E-state index contributed by atoms with van der Waals surface area (Å²) in [6, 6.07) is 0. The number of hydrogen-bond acceptors (Lipinski definition) is 36. The summed E-state index contributed by atoms with van der Waals surface area (Å²) < 4.78 is 81.3. The maximum Gasteiger partial charge on any atom is 0.187 e. The number of thioether (sulfide) groups is 2. The third-order valence-corrected chi connectivity index (χ3v) is 17.4. The number of aliphatic hydroxyl groups excluding tert-OH is 20. The van der Waals surface area contributed by atoms with Gasteiger partial charge in [-0.3, -0.25) is 0 Å². The molecule has 21 aliphatic heterocycles. The third-order valence-electron chi connectivity index (χ3n) is 15.5. The van der Waals surface area contributed by atoms with Crippen LogP contribution in [-0.4, -0.2) is 380 Å². The fraction of sp³-hybridized carbons (Fsp3) is 1.00. The highest BCUT2D eigenvalue weighted by atomic mass is 32.2. The Morgan fingerprint density at radius 2 is 0.427 bits per heavy atom. The molecule has 0 spiro atoms. The van der Waals surface area contributed by atoms with Crippen LogP contribution in [0.5, 0.6) is 0 Å². The van der Waals surface area contributed by atoms with Gasteiger partial charge in [-0.25, -0.2) is 0 Å². The number of hydrogen-bond donors (Lipinski definition) is 20. The zero-order chi connectivity index (χ0) is 59.6. The normalized spacial score (nSPS) is 52.7. The van der Waals surface area contributed by atoms with Crippen LogP contribution >= 0.6 is 23.5 Å². The van der Waals surface area contributed by atoms with Crippen LogP contribution in [0.2, 0.25) is 0 Å². The van der Waals surface area contributed by atoms with Gasteiger partial charge in [0.05, 0.1) is 45.7 Å². The average Bonchev–Trinajstić information content (AvgIpc) is 2.82. The van der Waals surface area contributed by atoms with Crippen LogP contribution in [0, 0.1) is 0 Å². The molecule has 21 heterocycles. The quantitative estimate of drug-likeness (QED) is 0.0807. The lowest BCUT2D eigenvalue weighted by Crippen LogP contribution is -2.68. The van der Waals surface area contributed by atoms with Crippen molar-refractivity contribution in [1.82, 2.24) is 0 Å². The van der Waals surface area contributed by atoms with Crippen molar-refractivity contribution in [2.75, 3.05) is 63.2 Å². The highest BCUT2D eigenvalue weighted by molar-refractivity contribution is 7.99. The second kappa shape index (κ2) is 29.8. The summed E-state index contributed by atoms with van der Waals surface area (Å²) in [7, 11) is 0. The number of aliphatic hydroxyl groups is 20. The molecule has 20 N–H and O–H groups in total. The van der Waals surface area contributed by atoms with E-state index in [2.05, 4.69) is 0 Å². The third kappa shape index (κ3) is 14.0. The van der Waals surface area contributed by atoms with Crippen molar-refractivity contribution < 1.29 is 168 Å². The molecule has 21 aliphatic rings. The monoisotopic (exact) mass is 1240 g/mol. The SMILES string of the molecule is CSCCCSC[C@@H]1O[C@@H]2O[C@H]3[C@@H](O)[C@@H](O)[C@@H](O[C@H]4[C@@H](O)[C@H](O)[C@@H](O[C@H]5[C@H](O)[C@@H](O)[C@@H](O[C@H]6[C@H](O)[C@@H](O)[C@@H](O[C@H]7[C@H](O)[C@@H](O)[C@@H](O[C@H]8[C@H](O)[C@@H](O)[C@@H](O[C@H]1[C@H](O)[C@H]2O)O[C@H]8CO)O[C@H]7CO)O[C@H]6CO)O[C@@H]5CO)O[C@@H]4CO)O[C@@H]3CO. The van der Waals surface area contributed by atoms with Crippen LogP contribution in [0.4, 0.5) is 0 Å². The minimum Gasteiger partial charge on any atom is -0.394 e. The Hall–Kier alpha value is -0.660. The molecule has 82 heavy (non-hydrogen) atoms. The van der Waals surface area contributed by atoms with Crippen LogP contribution in [0.15, 0.2) is 0 Å². The van der Waals surface area contributed by atoms with Crippen LogP contribution in [0.25, 0.3) is 0 Å². The fourth-order valence-electron chi connectivity index (χ4n) is 10.9. The minimum absolute atomic E-state index is 0.0246. The molecular formula is C46H78O34S2. The second-order valence-corrected chi connectivity index (χ2v) is 23.0. The molecule has 21 saturated heterocycles. The van der Waals surface area contributed by atoms with E-state index in [0.717, 1.165) is 5.75 Å². The second-order valence-electron chi connectivity index (χ2n) is 20.9. The van der Waals surface area contributed by atoms with E-state index in [-0.39, 0.29) is 5.75 Å². The van der Waals surface area contributed by atoms with Gasteiger partial charge in [-0.15, -0.1) is 0 Å². The Morgan fingerprint density at radius 3 is 0.610 bits per heavy atom. The highest BCUT2D eigenvalue weighted by Crippen LogP contribution is 2.39. The summed E-state index contributed by atoms with van der Waals surface area (Å²) in [5.41, 5.74) is 0. The summed E-state index contributed by atoms with van der Waals surface area (Å²) in [6.07, 6.45) is -65.8. The van der Waals surface area contributed by atoms with E-state index in [1.807, 2.05) is 6.26 Å². The van der Waals surface area contributed by atoms with Crippen molar-refractivity contribution in [2.45, 2.75) is 221 Å². The van der Waals surface area contributed by atoms with Crippen molar-refractivity contribution in [1.29, 1.82) is 0 Å². The Balaban J connectivity index is 1.09. The maximum absolute atomic E-state index is 11.7. The van der Waals surface area contributed by atoms with E-state index in [4.69, 9.17) is 66.3 Å². The van der Waals surface area contributed by atoms with Crippen molar-refractivity contribution in [3.05, 3.63) is 0 Å². The molecule has 0 radical (unpaired) electrons. The Morgan fingerprint density at radius 1 is 0.244 bits per heavy atom. The first-order chi connectivity index (χ1) is 39.2. The van der Waals surface area contributed by atoms with Gasteiger partial charge < -0.3 is 168 Å². The van der Waals surface area contributed by atoms with Crippen LogP contribution in [-0.2, 0) is 66.3 Å². The van der Waals surface area contributed by atoms with E-state index >= 15 is 0 Å². The first-order valence-electron chi connectivity index (χ1n) is 26.6. The molecule has 0 amide bonds. The Kier molecular flexibility index (Phi) is 24.4. The lowest BCUT2D eigenvalue weighted by atomic mass is 9.95. The van der Waals surface area contributed by atoms with Crippen LogP contribution < -0.4 is 0 Å². The van der Waals surface area contributed by atoms with Gasteiger partial charge >= 0.3 is 0 Å². The van der Waals surface area contributed by atoms with Crippen molar-refractivity contribution in [2.24, 2.45) is 0 Å². The molecule has 34 nitrogen and oxygen atoms in total. The van der Waals surface area contributed by atoms with Gasteiger partial charge in [-0.2, -0.15) is 23.5 Å². The highest BCUT2D eigenvalue weighted by Gasteiger charge is 2.59. The molecular weight excluding hydrogens is 1160 g/mol. The molecule has 36 heteroatoms. The molecule has 21 rings (SSSR count). The predicted molar refractivity (Wildman–Crippen MR) is 262 cm³/mol. The van der Waals surface area contributed by atoms with E-state index in [1.165, 1.54) is 11.8 Å². The van der Waals surface area contributed by atoms with Gasteiger partial charge in [0.2, 0.25) is 0 Å². The molecule has 35 atom stereocenters. The Labute approximate surface area is 475 Å². The lowest BCUT2D eigenvalue weighted by molar-refractivity contribution is -0.396. The predicted octanol–water partition coefficient (Wildman–Crippen LogP) is -12.7. The summed E-state index contributed by atoms with van der Waals surface area (Å²) in [4.78, 5) is 0. The molecule has 14 bridgehead atoms. The summed E-state index contributed by atoms with van der Waals surface area (Å²) in [5, 5.41) is 223. The van der Waals surface area contributed by atoms with E-state index in [9.17, 15) is 102 Å². The molecule has 0 aliphatic carbocycles. The molecule has 478 valence electrons. The first kappa shape index (κ1) is 67.3. The summed E-state index contributed by atoms with van der Waals surface area (Å²) in [5.74, 6) is 1.27. The molecule has 0 saturated carbocycles. The Bertz CT molecular complexity index is 1920. The van der Waals surface area contributed by atoms with Crippen LogP contribution in [0.1, 0.15) is 6.42 Å². The molecule has 0 aromatic carbocycles. The van der Waals surface area contributed by atoms with Crippen LogP contribution in [0.3, 0.4) is 0 Å². The smallest absolute Gasteiger partial charge is 0.187 e. The first-order valence-corrected chi connectivity index (χ1v) is 29.1. The number of ether oxygens (including phenoxy) is 14. The lowest BCUT2D eigenvalue weighted by Gasteiger charge is -2.50. The van der Waals surface area contributed by atoms with Gasteiger partial charge in [0, 0.05) is 5.75 Å². The topological polar surface area (TPSA) is 534 Å². The largest absolute Gasteiger partial charge is 0.394 e. The molecule has 0 aromatic heterocycles. The van der Waals surface area contributed by atoms with Crippen molar-refractivity contribution in [3.8, 4) is 0 Å². The van der Waals surface area contributed by atoms with Gasteiger partial charge in [0.15, 0.2) is 44.0 Å². The van der Waals surface area contributed by atoms with E-state index < -0.39 is 255 Å². The minimum atomic E-state index is -2.20. The van der Waals surface area contributed by atoms with E-state index in [1.54, 1.807) is 11.8 Å². The summed E-state index contributed by atoms with van der Waals surface area (Å²) >= 11 is 2.88.